The molecule has 0 aliphatic carbocycles. The molecule has 1 amide bonds. The quantitative estimate of drug-likeness (QED) is 0.398. The Morgan fingerprint density at radius 3 is 2.82 bits per heavy atom. The van der Waals surface area contributed by atoms with E-state index < -0.39 is 0 Å². The monoisotopic (exact) mass is 392 g/mol. The van der Waals surface area contributed by atoms with E-state index >= 15 is 0 Å². The van der Waals surface area contributed by atoms with Crippen LogP contribution in [-0.2, 0) is 4.79 Å². The van der Waals surface area contributed by atoms with E-state index in [0.717, 1.165) is 11.4 Å². The summed E-state index contributed by atoms with van der Waals surface area (Å²) < 4.78 is 6.88. The summed E-state index contributed by atoms with van der Waals surface area (Å²) in [6.07, 6.45) is 1.44. The molecule has 0 aliphatic rings. The lowest BCUT2D eigenvalue weighted by atomic mass is 10.3. The van der Waals surface area contributed by atoms with E-state index in [4.69, 9.17) is 4.74 Å². The van der Waals surface area contributed by atoms with Gasteiger partial charge in [-0.1, -0.05) is 41.2 Å². The predicted molar refractivity (Wildman–Crippen MR) is 107 cm³/mol. The lowest BCUT2D eigenvalue weighted by Gasteiger charge is -2.05. The molecule has 0 aliphatic heterocycles. The topological polar surface area (TPSA) is 94.8 Å². The van der Waals surface area contributed by atoms with E-state index in [1.165, 1.54) is 18.1 Å². The molecule has 2 aromatic carbocycles. The summed E-state index contributed by atoms with van der Waals surface area (Å²) in [6.45, 7) is 0. The lowest BCUT2D eigenvalue weighted by Crippen LogP contribution is -2.14. The number of para-hydroxylation sites is 1. The zero-order valence-corrected chi connectivity index (χ0v) is 15.8. The van der Waals surface area contributed by atoms with Gasteiger partial charge >= 0.3 is 0 Å². The second-order valence-electron chi connectivity index (χ2n) is 5.76. The molecule has 140 valence electrons. The minimum Gasteiger partial charge on any atom is -0.497 e. The number of fused-ring (bicyclic) bond motifs is 1. The fourth-order valence-corrected chi connectivity index (χ4v) is 3.33. The van der Waals surface area contributed by atoms with E-state index in [1.54, 1.807) is 11.8 Å². The van der Waals surface area contributed by atoms with Gasteiger partial charge in [0.15, 0.2) is 11.2 Å². The molecule has 9 heteroatoms. The standard InChI is InChI=1S/C19H16N6O2S/c1-27-15-9-5-8-14(10-15)25-18-17(23-24-25)19(21-12-20-18)28-11-16(26)22-13-6-3-2-4-7-13/h2-10,12H,11H2,1H3,(H,22,26). The number of hydrogen-bond acceptors (Lipinski definition) is 7. The number of carbonyl (C=O) groups excluding carboxylic acids is 1. The number of amides is 1. The van der Waals surface area contributed by atoms with Crippen molar-refractivity contribution in [2.75, 3.05) is 18.2 Å². The van der Waals surface area contributed by atoms with Gasteiger partial charge in [0.25, 0.3) is 0 Å². The van der Waals surface area contributed by atoms with Crippen LogP contribution in [0.4, 0.5) is 5.69 Å². The molecule has 0 saturated carbocycles. The first-order valence-corrected chi connectivity index (χ1v) is 9.41. The van der Waals surface area contributed by atoms with Crippen molar-refractivity contribution in [3.63, 3.8) is 0 Å². The van der Waals surface area contributed by atoms with E-state index in [-0.39, 0.29) is 11.7 Å². The van der Waals surface area contributed by atoms with E-state index in [9.17, 15) is 4.79 Å². The Bertz CT molecular complexity index is 1120. The molecule has 4 aromatic rings. The first-order valence-electron chi connectivity index (χ1n) is 8.43. The number of methoxy groups -OCH3 is 1. The highest BCUT2D eigenvalue weighted by Crippen LogP contribution is 2.25. The number of hydrogen-bond donors (Lipinski definition) is 1. The summed E-state index contributed by atoms with van der Waals surface area (Å²) in [7, 11) is 1.61. The maximum atomic E-state index is 12.2. The van der Waals surface area contributed by atoms with Gasteiger partial charge in [0.2, 0.25) is 5.91 Å². The number of anilines is 1. The predicted octanol–water partition coefficient (Wildman–Crippen LogP) is 2.95. The van der Waals surface area contributed by atoms with Crippen molar-refractivity contribution in [3.05, 3.63) is 60.9 Å². The molecule has 0 bridgehead atoms. The Labute approximate surface area is 165 Å². The first-order chi connectivity index (χ1) is 13.7. The van der Waals surface area contributed by atoms with Crippen LogP contribution in [0.25, 0.3) is 16.9 Å². The third-order valence-corrected chi connectivity index (χ3v) is 4.88. The molecule has 0 radical (unpaired) electrons. The number of rotatable bonds is 6. The van der Waals surface area contributed by atoms with Gasteiger partial charge in [-0.05, 0) is 24.3 Å². The highest BCUT2D eigenvalue weighted by molar-refractivity contribution is 8.00. The highest BCUT2D eigenvalue weighted by atomic mass is 32.2. The number of ether oxygens (including phenoxy) is 1. The van der Waals surface area contributed by atoms with Crippen molar-refractivity contribution in [2.24, 2.45) is 0 Å². The summed E-state index contributed by atoms with van der Waals surface area (Å²) in [4.78, 5) is 20.7. The molecule has 0 saturated heterocycles. The van der Waals surface area contributed by atoms with Gasteiger partial charge in [0, 0.05) is 11.8 Å². The molecule has 0 unspecified atom stereocenters. The fraction of sp³-hybridized carbons (Fsp3) is 0.105. The average molecular weight is 392 g/mol. The summed E-state index contributed by atoms with van der Waals surface area (Å²) in [5.74, 6) is 0.790. The highest BCUT2D eigenvalue weighted by Gasteiger charge is 2.15. The van der Waals surface area contributed by atoms with Crippen LogP contribution in [0.5, 0.6) is 5.75 Å². The minimum atomic E-state index is -0.122. The zero-order chi connectivity index (χ0) is 19.3. The number of benzene rings is 2. The fourth-order valence-electron chi connectivity index (χ4n) is 2.60. The van der Waals surface area contributed by atoms with Crippen LogP contribution in [-0.4, -0.2) is 43.7 Å². The van der Waals surface area contributed by atoms with Crippen molar-refractivity contribution in [1.82, 2.24) is 25.0 Å². The SMILES string of the molecule is COc1cccc(-n2nnc3c(SCC(=O)Nc4ccccc4)ncnc32)c1. The van der Waals surface area contributed by atoms with Gasteiger partial charge in [-0.25, -0.2) is 9.97 Å². The van der Waals surface area contributed by atoms with Crippen molar-refractivity contribution < 1.29 is 9.53 Å². The van der Waals surface area contributed by atoms with Gasteiger partial charge in [0.1, 0.15) is 17.1 Å². The molecule has 2 aromatic heterocycles. The van der Waals surface area contributed by atoms with E-state index in [1.807, 2.05) is 54.6 Å². The Morgan fingerprint density at radius 2 is 2.00 bits per heavy atom. The van der Waals surface area contributed by atoms with Gasteiger partial charge in [0.05, 0.1) is 18.6 Å². The number of carbonyl (C=O) groups is 1. The third-order valence-electron chi connectivity index (χ3n) is 3.90. The van der Waals surface area contributed by atoms with Crippen LogP contribution >= 0.6 is 11.8 Å². The molecule has 0 spiro atoms. The maximum absolute atomic E-state index is 12.2. The van der Waals surface area contributed by atoms with Crippen molar-refractivity contribution in [2.45, 2.75) is 5.03 Å². The van der Waals surface area contributed by atoms with Crippen molar-refractivity contribution >= 4 is 34.5 Å². The van der Waals surface area contributed by atoms with Crippen LogP contribution in [0.2, 0.25) is 0 Å². The third kappa shape index (κ3) is 3.79. The van der Waals surface area contributed by atoms with Gasteiger partial charge < -0.3 is 10.1 Å². The molecular formula is C19H16N6O2S. The van der Waals surface area contributed by atoms with E-state index in [2.05, 4.69) is 25.6 Å². The zero-order valence-electron chi connectivity index (χ0n) is 14.9. The second-order valence-corrected chi connectivity index (χ2v) is 6.72. The van der Waals surface area contributed by atoms with Gasteiger partial charge in [-0.2, -0.15) is 4.68 Å². The molecule has 28 heavy (non-hydrogen) atoms. The molecule has 4 rings (SSSR count). The van der Waals surface area contributed by atoms with Crippen molar-refractivity contribution in [1.29, 1.82) is 0 Å². The van der Waals surface area contributed by atoms with Crippen molar-refractivity contribution in [3.8, 4) is 11.4 Å². The van der Waals surface area contributed by atoms with Crippen LogP contribution in [0, 0.1) is 0 Å². The Hall–Kier alpha value is -3.46. The Balaban J connectivity index is 1.54. The summed E-state index contributed by atoms with van der Waals surface area (Å²) in [6, 6.07) is 16.8. The number of thioether (sulfide) groups is 1. The van der Waals surface area contributed by atoms with Crippen LogP contribution in [0.1, 0.15) is 0 Å². The number of aromatic nitrogens is 5. The number of nitrogens with zero attached hydrogens (tertiary/aromatic N) is 5. The lowest BCUT2D eigenvalue weighted by molar-refractivity contribution is -0.113. The second kappa shape index (κ2) is 8.05. The molecular weight excluding hydrogens is 376 g/mol. The molecule has 0 atom stereocenters. The van der Waals surface area contributed by atoms with Gasteiger partial charge in [-0.3, -0.25) is 4.79 Å². The first kappa shape index (κ1) is 17.9. The average Bonchev–Trinajstić information content (AvgIpc) is 3.18. The van der Waals surface area contributed by atoms with E-state index in [0.29, 0.717) is 21.9 Å². The Kier molecular flexibility index (Phi) is 5.16. The maximum Gasteiger partial charge on any atom is 0.234 e. The Morgan fingerprint density at radius 1 is 1.14 bits per heavy atom. The molecule has 8 nitrogen and oxygen atoms in total. The number of nitrogens with one attached hydrogen (secondary N) is 1. The summed E-state index contributed by atoms with van der Waals surface area (Å²) >= 11 is 1.29. The molecule has 0 fully saturated rings. The molecule has 1 N–H and O–H groups in total. The van der Waals surface area contributed by atoms with Crippen LogP contribution < -0.4 is 10.1 Å². The summed E-state index contributed by atoms with van der Waals surface area (Å²) in [5, 5.41) is 11.8. The van der Waals surface area contributed by atoms with Crippen LogP contribution in [0.15, 0.2) is 66.0 Å². The normalized spacial score (nSPS) is 10.8. The largest absolute Gasteiger partial charge is 0.497 e. The molecule has 2 heterocycles. The minimum absolute atomic E-state index is 0.122. The summed E-state index contributed by atoms with van der Waals surface area (Å²) in [5.41, 5.74) is 2.64. The van der Waals surface area contributed by atoms with Gasteiger partial charge in [-0.15, -0.1) is 5.10 Å². The van der Waals surface area contributed by atoms with Crippen LogP contribution in [0.3, 0.4) is 0 Å². The smallest absolute Gasteiger partial charge is 0.234 e.